The first kappa shape index (κ1) is 18.3. The van der Waals surface area contributed by atoms with Crippen molar-refractivity contribution in [3.05, 3.63) is 24.3 Å². The van der Waals surface area contributed by atoms with Crippen LogP contribution in [0.4, 0.5) is 5.69 Å². The van der Waals surface area contributed by atoms with Gasteiger partial charge in [-0.2, -0.15) is 0 Å². The smallest absolute Gasteiger partial charge is 0.212 e. The number of nitrogens with one attached hydrogen (secondary N) is 1. The predicted octanol–water partition coefficient (Wildman–Crippen LogP) is 1.62. The maximum atomic E-state index is 12.0. The molecule has 0 spiro atoms. The van der Waals surface area contributed by atoms with Crippen molar-refractivity contribution >= 4 is 27.5 Å². The molecule has 0 fully saturated rings. The van der Waals surface area contributed by atoms with Gasteiger partial charge in [0.05, 0.1) is 5.75 Å². The molecule has 120 valence electrons. The van der Waals surface area contributed by atoms with Gasteiger partial charge < -0.3 is 10.6 Å². The minimum atomic E-state index is -3.23. The molecule has 1 atom stereocenters. The van der Waals surface area contributed by atoms with Crippen LogP contribution in [0.2, 0.25) is 0 Å². The lowest BCUT2D eigenvalue weighted by molar-refractivity contribution is 0.379. The number of nitrogens with two attached hydrogens (primary N) is 1. The molecule has 5 nitrogen and oxygen atoms in total. The molecule has 1 aromatic carbocycles. The summed E-state index contributed by atoms with van der Waals surface area (Å²) in [6, 6.07) is 7.42. The third-order valence-electron chi connectivity index (χ3n) is 2.87. The van der Waals surface area contributed by atoms with E-state index in [4.69, 9.17) is 5.73 Å². The van der Waals surface area contributed by atoms with Crippen molar-refractivity contribution in [3.63, 3.8) is 0 Å². The van der Waals surface area contributed by atoms with E-state index in [1.165, 1.54) is 11.8 Å². The van der Waals surface area contributed by atoms with Gasteiger partial charge in [0.15, 0.2) is 0 Å². The topological polar surface area (TPSA) is 75.4 Å². The lowest BCUT2D eigenvalue weighted by atomic mass is 10.2. The highest BCUT2D eigenvalue weighted by Crippen LogP contribution is 2.20. The molecule has 0 saturated carbocycles. The van der Waals surface area contributed by atoms with Gasteiger partial charge in [-0.3, -0.25) is 0 Å². The van der Waals surface area contributed by atoms with Gasteiger partial charge in [0.25, 0.3) is 0 Å². The molecule has 1 unspecified atom stereocenters. The summed E-state index contributed by atoms with van der Waals surface area (Å²) < 4.78 is 26.7. The van der Waals surface area contributed by atoms with E-state index in [0.29, 0.717) is 11.4 Å². The zero-order valence-electron chi connectivity index (χ0n) is 12.9. The number of thioether (sulfide) groups is 1. The summed E-state index contributed by atoms with van der Waals surface area (Å²) in [5, 5.41) is 0. The largest absolute Gasteiger partial charge is 0.399 e. The van der Waals surface area contributed by atoms with Crippen LogP contribution in [-0.4, -0.2) is 51.5 Å². The third kappa shape index (κ3) is 8.31. The fourth-order valence-electron chi connectivity index (χ4n) is 1.75. The Morgan fingerprint density at radius 1 is 1.38 bits per heavy atom. The Hall–Kier alpha value is -0.760. The second-order valence-corrected chi connectivity index (χ2v) is 8.39. The maximum absolute atomic E-state index is 12.0. The van der Waals surface area contributed by atoms with Crippen LogP contribution in [-0.2, 0) is 10.0 Å². The van der Waals surface area contributed by atoms with Crippen LogP contribution in [0.15, 0.2) is 29.2 Å². The van der Waals surface area contributed by atoms with Crippen molar-refractivity contribution in [2.75, 3.05) is 37.9 Å². The standard InChI is InChI=1S/C14H25N3O2S2/c1-12(7-8-17(2)3)16-21(18,19)10-9-20-14-6-4-5-13(15)11-14/h4-6,11-12,16H,7-10,15H2,1-3H3. The highest BCUT2D eigenvalue weighted by Gasteiger charge is 2.14. The van der Waals surface area contributed by atoms with Crippen LogP contribution >= 0.6 is 11.8 Å². The van der Waals surface area contributed by atoms with Gasteiger partial charge in [0.1, 0.15) is 0 Å². The van der Waals surface area contributed by atoms with Crippen molar-refractivity contribution < 1.29 is 8.42 Å². The molecule has 0 amide bonds. The van der Waals surface area contributed by atoms with Crippen LogP contribution in [0.1, 0.15) is 13.3 Å². The summed E-state index contributed by atoms with van der Waals surface area (Å²) >= 11 is 1.50. The summed E-state index contributed by atoms with van der Waals surface area (Å²) in [5.74, 6) is 0.623. The highest BCUT2D eigenvalue weighted by molar-refractivity contribution is 8.00. The van der Waals surface area contributed by atoms with Crippen LogP contribution in [0, 0.1) is 0 Å². The molecule has 0 saturated heterocycles. The van der Waals surface area contributed by atoms with E-state index in [1.807, 2.05) is 50.2 Å². The van der Waals surface area contributed by atoms with Crippen LogP contribution in [0.5, 0.6) is 0 Å². The van der Waals surface area contributed by atoms with E-state index in [9.17, 15) is 8.42 Å². The summed E-state index contributed by atoms with van der Waals surface area (Å²) in [6.45, 7) is 2.76. The molecule has 0 aliphatic carbocycles. The Balaban J connectivity index is 2.35. The zero-order chi connectivity index (χ0) is 15.9. The Bertz CT molecular complexity index is 533. The van der Waals surface area contributed by atoms with Crippen molar-refractivity contribution in [2.24, 2.45) is 0 Å². The quantitative estimate of drug-likeness (QED) is 0.531. The predicted molar refractivity (Wildman–Crippen MR) is 91.1 cm³/mol. The molecule has 21 heavy (non-hydrogen) atoms. The normalized spacial score (nSPS) is 13.5. The average molecular weight is 332 g/mol. The van der Waals surface area contributed by atoms with Gasteiger partial charge in [0, 0.05) is 22.4 Å². The number of hydrogen-bond acceptors (Lipinski definition) is 5. The number of hydrogen-bond donors (Lipinski definition) is 2. The van der Waals surface area contributed by atoms with Crippen LogP contribution in [0.25, 0.3) is 0 Å². The van der Waals surface area contributed by atoms with E-state index in [1.54, 1.807) is 0 Å². The molecule has 0 bridgehead atoms. The minimum Gasteiger partial charge on any atom is -0.399 e. The van der Waals surface area contributed by atoms with Crippen LogP contribution < -0.4 is 10.5 Å². The van der Waals surface area contributed by atoms with E-state index in [0.717, 1.165) is 17.9 Å². The minimum absolute atomic E-state index is 0.0465. The van der Waals surface area contributed by atoms with Gasteiger partial charge in [0.2, 0.25) is 10.0 Å². The molecular formula is C14H25N3O2S2. The number of sulfonamides is 1. The fourth-order valence-corrected chi connectivity index (χ4v) is 4.44. The SMILES string of the molecule is CC(CCN(C)C)NS(=O)(=O)CCSc1cccc(N)c1. The summed E-state index contributed by atoms with van der Waals surface area (Å²) in [6.07, 6.45) is 0.800. The van der Waals surface area contributed by atoms with Crippen LogP contribution in [0.3, 0.4) is 0 Å². The highest BCUT2D eigenvalue weighted by atomic mass is 32.2. The molecule has 0 heterocycles. The second-order valence-electron chi connectivity index (χ2n) is 5.35. The van der Waals surface area contributed by atoms with Gasteiger partial charge in [-0.25, -0.2) is 13.1 Å². The number of rotatable bonds is 9. The first-order chi connectivity index (χ1) is 9.78. The molecule has 0 aromatic heterocycles. The van der Waals surface area contributed by atoms with Gasteiger partial charge in [-0.1, -0.05) is 6.07 Å². The van der Waals surface area contributed by atoms with Crippen molar-refractivity contribution in [1.82, 2.24) is 9.62 Å². The maximum Gasteiger partial charge on any atom is 0.212 e. The van der Waals surface area contributed by atoms with E-state index >= 15 is 0 Å². The molecule has 1 aromatic rings. The first-order valence-corrected chi connectivity index (χ1v) is 9.55. The summed E-state index contributed by atoms with van der Waals surface area (Å²) in [5.41, 5.74) is 6.38. The third-order valence-corrected chi connectivity index (χ3v) is 5.63. The molecule has 1 rings (SSSR count). The lowest BCUT2D eigenvalue weighted by Gasteiger charge is -2.16. The number of nitrogen functional groups attached to an aromatic ring is 1. The van der Waals surface area contributed by atoms with Gasteiger partial charge in [-0.15, -0.1) is 11.8 Å². The number of benzene rings is 1. The molecule has 7 heteroatoms. The Kier molecular flexibility index (Phi) is 7.51. The zero-order valence-corrected chi connectivity index (χ0v) is 14.5. The Morgan fingerprint density at radius 3 is 2.71 bits per heavy atom. The monoisotopic (exact) mass is 331 g/mol. The van der Waals surface area contributed by atoms with Crippen molar-refractivity contribution in [3.8, 4) is 0 Å². The number of nitrogens with zero attached hydrogens (tertiary/aromatic N) is 1. The van der Waals surface area contributed by atoms with Gasteiger partial charge >= 0.3 is 0 Å². The van der Waals surface area contributed by atoms with E-state index in [-0.39, 0.29) is 11.8 Å². The summed E-state index contributed by atoms with van der Waals surface area (Å²) in [4.78, 5) is 3.03. The van der Waals surface area contributed by atoms with E-state index < -0.39 is 10.0 Å². The lowest BCUT2D eigenvalue weighted by Crippen LogP contribution is -2.36. The first-order valence-electron chi connectivity index (χ1n) is 6.91. The second kappa shape index (κ2) is 8.63. The van der Waals surface area contributed by atoms with Gasteiger partial charge in [-0.05, 0) is 52.2 Å². The molecular weight excluding hydrogens is 306 g/mol. The Morgan fingerprint density at radius 2 is 2.10 bits per heavy atom. The number of anilines is 1. The molecule has 0 aliphatic rings. The Labute approximate surface area is 132 Å². The fraction of sp³-hybridized carbons (Fsp3) is 0.571. The van der Waals surface area contributed by atoms with Crippen molar-refractivity contribution in [2.45, 2.75) is 24.3 Å². The molecule has 0 aliphatic heterocycles. The molecule has 0 radical (unpaired) electrons. The summed E-state index contributed by atoms with van der Waals surface area (Å²) in [7, 11) is 0.722. The average Bonchev–Trinajstić information content (AvgIpc) is 2.35. The van der Waals surface area contributed by atoms with Crippen molar-refractivity contribution in [1.29, 1.82) is 0 Å². The molecule has 3 N–H and O–H groups in total. The van der Waals surface area contributed by atoms with E-state index in [2.05, 4.69) is 4.72 Å².